The molecular formula is C16H12O4S2. The van der Waals surface area contributed by atoms with Crippen molar-refractivity contribution >= 4 is 21.5 Å². The van der Waals surface area contributed by atoms with Gasteiger partial charge in [0, 0.05) is 0 Å². The quantitative estimate of drug-likeness (QED) is 0.653. The van der Waals surface area contributed by atoms with E-state index in [-0.39, 0.29) is 9.96 Å². The lowest BCUT2D eigenvalue weighted by atomic mass is 10.3. The first-order valence-electron chi connectivity index (χ1n) is 6.44. The van der Waals surface area contributed by atoms with E-state index in [0.717, 1.165) is 11.3 Å². The van der Waals surface area contributed by atoms with Crippen LogP contribution in [0, 0.1) is 0 Å². The minimum Gasteiger partial charge on any atom is -0.457 e. The molecule has 0 amide bonds. The summed E-state index contributed by atoms with van der Waals surface area (Å²) in [4.78, 5) is 0. The van der Waals surface area contributed by atoms with E-state index < -0.39 is 10.1 Å². The number of hydrogen-bond donors (Lipinski definition) is 0. The monoisotopic (exact) mass is 332 g/mol. The van der Waals surface area contributed by atoms with Gasteiger partial charge in [-0.1, -0.05) is 24.3 Å². The first-order valence-corrected chi connectivity index (χ1v) is 8.73. The lowest BCUT2D eigenvalue weighted by Gasteiger charge is -2.07. The van der Waals surface area contributed by atoms with Gasteiger partial charge >= 0.3 is 10.1 Å². The minimum atomic E-state index is -3.76. The SMILES string of the molecule is O=S(=O)(Oc1ccc(Oc2ccccc2)cc1)c1cccs1. The predicted molar refractivity (Wildman–Crippen MR) is 85.1 cm³/mol. The second-order valence-corrected chi connectivity index (χ2v) is 7.08. The molecule has 0 saturated heterocycles. The normalized spacial score (nSPS) is 11.1. The smallest absolute Gasteiger partial charge is 0.348 e. The summed E-state index contributed by atoms with van der Waals surface area (Å²) in [6, 6.07) is 18.9. The second-order valence-electron chi connectivity index (χ2n) is 4.36. The Morgan fingerprint density at radius 2 is 1.36 bits per heavy atom. The van der Waals surface area contributed by atoms with E-state index in [4.69, 9.17) is 8.92 Å². The number of thiophene rings is 1. The molecule has 1 aromatic heterocycles. The fourth-order valence-corrected chi connectivity index (χ4v) is 3.64. The molecule has 0 unspecified atom stereocenters. The van der Waals surface area contributed by atoms with E-state index in [9.17, 15) is 8.42 Å². The van der Waals surface area contributed by atoms with E-state index in [1.165, 1.54) is 6.07 Å². The van der Waals surface area contributed by atoms with Crippen molar-refractivity contribution < 1.29 is 17.3 Å². The zero-order chi connectivity index (χ0) is 15.4. The molecule has 4 nitrogen and oxygen atoms in total. The number of para-hydroxylation sites is 1. The fraction of sp³-hybridized carbons (Fsp3) is 0. The van der Waals surface area contributed by atoms with E-state index in [0.29, 0.717) is 11.5 Å². The summed E-state index contributed by atoms with van der Waals surface area (Å²) in [6.45, 7) is 0. The van der Waals surface area contributed by atoms with Gasteiger partial charge in [-0.25, -0.2) is 0 Å². The molecule has 0 radical (unpaired) electrons. The largest absolute Gasteiger partial charge is 0.457 e. The summed E-state index contributed by atoms with van der Waals surface area (Å²) < 4.78 is 34.9. The molecule has 112 valence electrons. The molecule has 6 heteroatoms. The van der Waals surface area contributed by atoms with Gasteiger partial charge in [-0.15, -0.1) is 11.3 Å². The third kappa shape index (κ3) is 3.47. The van der Waals surface area contributed by atoms with Crippen molar-refractivity contribution in [2.75, 3.05) is 0 Å². The van der Waals surface area contributed by atoms with Crippen molar-refractivity contribution in [3.8, 4) is 17.2 Å². The van der Waals surface area contributed by atoms with Crippen LogP contribution in [0.1, 0.15) is 0 Å². The summed E-state index contributed by atoms with van der Waals surface area (Å²) in [6.07, 6.45) is 0. The summed E-state index contributed by atoms with van der Waals surface area (Å²) >= 11 is 1.12. The van der Waals surface area contributed by atoms with Gasteiger partial charge in [-0.05, 0) is 47.8 Å². The minimum absolute atomic E-state index is 0.178. The molecule has 22 heavy (non-hydrogen) atoms. The molecule has 0 aliphatic rings. The van der Waals surface area contributed by atoms with Crippen LogP contribution in [0.4, 0.5) is 0 Å². The Morgan fingerprint density at radius 1 is 0.727 bits per heavy atom. The predicted octanol–water partition coefficient (Wildman–Crippen LogP) is 4.31. The standard InChI is InChI=1S/C16H12O4S2/c17-22(18,16-7-4-12-21-16)20-15-10-8-14(9-11-15)19-13-5-2-1-3-6-13/h1-12H. The summed E-state index contributed by atoms with van der Waals surface area (Å²) in [5.41, 5.74) is 0. The number of benzene rings is 2. The van der Waals surface area contributed by atoms with Gasteiger partial charge in [0.25, 0.3) is 0 Å². The molecule has 0 saturated carbocycles. The lowest BCUT2D eigenvalue weighted by molar-refractivity contribution is 0.475. The summed E-state index contributed by atoms with van der Waals surface area (Å²) in [7, 11) is -3.76. The second kappa shape index (κ2) is 6.21. The number of rotatable bonds is 5. The van der Waals surface area contributed by atoms with Crippen LogP contribution >= 0.6 is 11.3 Å². The van der Waals surface area contributed by atoms with Crippen LogP contribution in [0.2, 0.25) is 0 Å². The average Bonchev–Trinajstić information content (AvgIpc) is 3.05. The highest BCUT2D eigenvalue weighted by Crippen LogP contribution is 2.26. The van der Waals surface area contributed by atoms with Crippen LogP contribution in [0.3, 0.4) is 0 Å². The molecule has 0 bridgehead atoms. The maximum absolute atomic E-state index is 12.0. The molecule has 2 aromatic carbocycles. The molecule has 3 rings (SSSR count). The van der Waals surface area contributed by atoms with E-state index in [1.54, 1.807) is 35.7 Å². The average molecular weight is 332 g/mol. The van der Waals surface area contributed by atoms with Crippen molar-refractivity contribution in [2.45, 2.75) is 4.21 Å². The Morgan fingerprint density at radius 3 is 2.00 bits per heavy atom. The van der Waals surface area contributed by atoms with Crippen LogP contribution in [-0.2, 0) is 10.1 Å². The first-order chi connectivity index (χ1) is 10.6. The van der Waals surface area contributed by atoms with Gasteiger partial charge < -0.3 is 8.92 Å². The van der Waals surface area contributed by atoms with Crippen molar-refractivity contribution in [3.63, 3.8) is 0 Å². The van der Waals surface area contributed by atoms with Gasteiger partial charge in [-0.2, -0.15) is 8.42 Å². The molecule has 0 atom stereocenters. The maximum atomic E-state index is 12.0. The van der Waals surface area contributed by atoms with E-state index in [1.807, 2.05) is 30.3 Å². The summed E-state index contributed by atoms with van der Waals surface area (Å²) in [5, 5.41) is 1.69. The Kier molecular flexibility index (Phi) is 4.13. The molecule has 3 aromatic rings. The van der Waals surface area contributed by atoms with Crippen LogP contribution < -0.4 is 8.92 Å². The molecule has 0 aliphatic heterocycles. The van der Waals surface area contributed by atoms with E-state index >= 15 is 0 Å². The molecule has 0 fully saturated rings. The highest BCUT2D eigenvalue weighted by Gasteiger charge is 2.17. The molecule has 0 aliphatic carbocycles. The lowest BCUT2D eigenvalue weighted by Crippen LogP contribution is -2.07. The maximum Gasteiger partial charge on any atom is 0.348 e. The Hall–Kier alpha value is -2.31. The molecule has 1 heterocycles. The van der Waals surface area contributed by atoms with Crippen LogP contribution in [0.15, 0.2) is 76.3 Å². The van der Waals surface area contributed by atoms with E-state index in [2.05, 4.69) is 0 Å². The topological polar surface area (TPSA) is 52.6 Å². The van der Waals surface area contributed by atoms with Gasteiger partial charge in [0.2, 0.25) is 0 Å². The zero-order valence-electron chi connectivity index (χ0n) is 11.4. The van der Waals surface area contributed by atoms with Crippen LogP contribution in [0.25, 0.3) is 0 Å². The van der Waals surface area contributed by atoms with Crippen molar-refractivity contribution in [2.24, 2.45) is 0 Å². The highest BCUT2D eigenvalue weighted by molar-refractivity contribution is 7.89. The van der Waals surface area contributed by atoms with Gasteiger partial charge in [0.1, 0.15) is 17.2 Å². The van der Waals surface area contributed by atoms with Crippen molar-refractivity contribution in [1.29, 1.82) is 0 Å². The summed E-state index contributed by atoms with van der Waals surface area (Å²) in [5.74, 6) is 1.56. The Labute approximate surface area is 132 Å². The molecular weight excluding hydrogens is 320 g/mol. The van der Waals surface area contributed by atoms with Crippen molar-refractivity contribution in [1.82, 2.24) is 0 Å². The zero-order valence-corrected chi connectivity index (χ0v) is 13.0. The van der Waals surface area contributed by atoms with Crippen LogP contribution in [-0.4, -0.2) is 8.42 Å². The Bertz CT molecular complexity index is 824. The molecule has 0 spiro atoms. The van der Waals surface area contributed by atoms with Gasteiger partial charge in [0.15, 0.2) is 4.21 Å². The fourth-order valence-electron chi connectivity index (χ4n) is 1.76. The van der Waals surface area contributed by atoms with Crippen molar-refractivity contribution in [3.05, 3.63) is 72.1 Å². The number of hydrogen-bond acceptors (Lipinski definition) is 5. The van der Waals surface area contributed by atoms with Crippen LogP contribution in [0.5, 0.6) is 17.2 Å². The molecule has 0 N–H and O–H groups in total. The third-order valence-electron chi connectivity index (χ3n) is 2.75. The highest BCUT2D eigenvalue weighted by atomic mass is 32.3. The third-order valence-corrected chi connectivity index (χ3v) is 5.35. The van der Waals surface area contributed by atoms with Gasteiger partial charge in [0.05, 0.1) is 0 Å². The Balaban J connectivity index is 1.72. The first kappa shape index (κ1) is 14.6. The number of ether oxygens (including phenoxy) is 1. The van der Waals surface area contributed by atoms with Gasteiger partial charge in [-0.3, -0.25) is 0 Å².